The Hall–Kier alpha value is -3.60. The summed E-state index contributed by atoms with van der Waals surface area (Å²) in [4.78, 5) is 29.1. The van der Waals surface area contributed by atoms with Crippen LogP contribution in [0, 0.1) is 23.8 Å². The number of nitro groups is 2. The van der Waals surface area contributed by atoms with Crippen molar-refractivity contribution in [3.8, 4) is 33.9 Å². The molecule has 3 aromatic carbocycles. The number of nitrogens with zero attached hydrogens (tertiary/aromatic N) is 3. The largest absolute Gasteiger partial charge is 0.337 e. The molecule has 0 aliphatic carbocycles. The SMILES string of the molecule is O=[N+]([O-])c1ccc(-c2nc(-c3ccc(I)cc3)[nH]c2-c2ccc([N+](=O)[O-])cc2)cc1. The lowest BCUT2D eigenvalue weighted by Gasteiger charge is -2.03. The number of aromatic nitrogens is 2. The molecule has 1 heterocycles. The minimum absolute atomic E-state index is 0.00647. The van der Waals surface area contributed by atoms with Crippen LogP contribution >= 0.6 is 22.6 Å². The predicted molar refractivity (Wildman–Crippen MR) is 121 cm³/mol. The summed E-state index contributed by atoms with van der Waals surface area (Å²) in [5, 5.41) is 21.9. The molecule has 4 aromatic rings. The molecule has 148 valence electrons. The van der Waals surface area contributed by atoms with Gasteiger partial charge in [0.05, 0.1) is 21.2 Å². The molecule has 0 aliphatic heterocycles. The van der Waals surface area contributed by atoms with Crippen molar-refractivity contribution in [2.75, 3.05) is 0 Å². The van der Waals surface area contributed by atoms with Gasteiger partial charge in [-0.05, 0) is 59.0 Å². The zero-order valence-electron chi connectivity index (χ0n) is 15.3. The Bertz CT molecular complexity index is 1160. The topological polar surface area (TPSA) is 115 Å². The molecule has 0 radical (unpaired) electrons. The molecule has 0 saturated carbocycles. The van der Waals surface area contributed by atoms with E-state index >= 15 is 0 Å². The Labute approximate surface area is 184 Å². The van der Waals surface area contributed by atoms with E-state index in [4.69, 9.17) is 4.98 Å². The average molecular weight is 512 g/mol. The van der Waals surface area contributed by atoms with Gasteiger partial charge in [-0.15, -0.1) is 0 Å². The second kappa shape index (κ2) is 8.03. The molecule has 0 atom stereocenters. The Kier molecular flexibility index (Phi) is 5.27. The van der Waals surface area contributed by atoms with E-state index in [0.29, 0.717) is 22.8 Å². The summed E-state index contributed by atoms with van der Waals surface area (Å²) >= 11 is 2.22. The van der Waals surface area contributed by atoms with Gasteiger partial charge in [-0.3, -0.25) is 20.2 Å². The summed E-state index contributed by atoms with van der Waals surface area (Å²) in [6.07, 6.45) is 0. The van der Waals surface area contributed by atoms with Gasteiger partial charge in [-0.2, -0.15) is 0 Å². The maximum absolute atomic E-state index is 11.0. The van der Waals surface area contributed by atoms with E-state index in [1.165, 1.54) is 24.3 Å². The first-order chi connectivity index (χ1) is 14.4. The van der Waals surface area contributed by atoms with Crippen LogP contribution < -0.4 is 0 Å². The number of rotatable bonds is 5. The molecule has 1 N–H and O–H groups in total. The highest BCUT2D eigenvalue weighted by atomic mass is 127. The average Bonchev–Trinajstić information content (AvgIpc) is 3.20. The summed E-state index contributed by atoms with van der Waals surface area (Å²) in [6.45, 7) is 0. The summed E-state index contributed by atoms with van der Waals surface area (Å²) < 4.78 is 1.09. The molecule has 0 fully saturated rings. The fourth-order valence-electron chi connectivity index (χ4n) is 3.03. The van der Waals surface area contributed by atoms with Gasteiger partial charge in [0.15, 0.2) is 0 Å². The third-order valence-electron chi connectivity index (χ3n) is 4.54. The summed E-state index contributed by atoms with van der Waals surface area (Å²) in [7, 11) is 0. The minimum Gasteiger partial charge on any atom is -0.337 e. The van der Waals surface area contributed by atoms with Crippen molar-refractivity contribution in [3.63, 3.8) is 0 Å². The molecular weight excluding hydrogens is 499 g/mol. The molecule has 4 rings (SSSR count). The number of halogens is 1. The lowest BCUT2D eigenvalue weighted by atomic mass is 10.0. The summed E-state index contributed by atoms with van der Waals surface area (Å²) in [5.41, 5.74) is 3.56. The van der Waals surface area contributed by atoms with Crippen LogP contribution in [0.4, 0.5) is 11.4 Å². The van der Waals surface area contributed by atoms with E-state index in [1.807, 2.05) is 24.3 Å². The van der Waals surface area contributed by atoms with Gasteiger partial charge in [-0.1, -0.05) is 12.1 Å². The maximum atomic E-state index is 11.0. The number of nitrogens with one attached hydrogen (secondary N) is 1. The Morgan fingerprint density at radius 1 is 0.700 bits per heavy atom. The first kappa shape index (κ1) is 19.7. The third-order valence-corrected chi connectivity index (χ3v) is 5.26. The second-order valence-corrected chi connectivity index (χ2v) is 7.67. The van der Waals surface area contributed by atoms with Crippen LogP contribution in [-0.2, 0) is 0 Å². The van der Waals surface area contributed by atoms with Gasteiger partial charge in [0.25, 0.3) is 11.4 Å². The van der Waals surface area contributed by atoms with Crippen LogP contribution in [0.1, 0.15) is 0 Å². The van der Waals surface area contributed by atoms with Crippen LogP contribution in [0.25, 0.3) is 33.9 Å². The van der Waals surface area contributed by atoms with Crippen LogP contribution in [-0.4, -0.2) is 19.8 Å². The van der Waals surface area contributed by atoms with E-state index in [1.54, 1.807) is 24.3 Å². The molecule has 0 spiro atoms. The zero-order chi connectivity index (χ0) is 21.3. The number of imidazole rings is 1. The fourth-order valence-corrected chi connectivity index (χ4v) is 3.39. The Morgan fingerprint density at radius 3 is 1.67 bits per heavy atom. The predicted octanol–water partition coefficient (Wildman–Crippen LogP) is 5.83. The molecule has 0 amide bonds. The quantitative estimate of drug-likeness (QED) is 0.205. The standard InChI is InChI=1S/C21H13IN4O4/c22-16-7-1-15(2-8-16)21-23-19(13-3-9-17(10-4-13)25(27)28)20(24-21)14-5-11-18(12-6-14)26(29)30/h1-12H,(H,23,24). The normalized spacial score (nSPS) is 10.7. The Balaban J connectivity index is 1.84. The van der Waals surface area contributed by atoms with Crippen molar-refractivity contribution in [3.05, 3.63) is 96.6 Å². The smallest absolute Gasteiger partial charge is 0.269 e. The maximum Gasteiger partial charge on any atom is 0.269 e. The van der Waals surface area contributed by atoms with Crippen molar-refractivity contribution in [1.82, 2.24) is 9.97 Å². The number of aromatic amines is 1. The van der Waals surface area contributed by atoms with Crippen LogP contribution in [0.2, 0.25) is 0 Å². The lowest BCUT2D eigenvalue weighted by Crippen LogP contribution is -1.89. The number of non-ortho nitro benzene ring substituents is 2. The molecular formula is C21H13IN4O4. The van der Waals surface area contributed by atoms with Crippen molar-refractivity contribution in [2.45, 2.75) is 0 Å². The molecule has 9 heteroatoms. The summed E-state index contributed by atoms with van der Waals surface area (Å²) in [5.74, 6) is 0.633. The van der Waals surface area contributed by atoms with Gasteiger partial charge in [0.2, 0.25) is 0 Å². The van der Waals surface area contributed by atoms with E-state index in [2.05, 4.69) is 27.6 Å². The molecule has 0 unspecified atom stereocenters. The van der Waals surface area contributed by atoms with Crippen molar-refractivity contribution in [2.24, 2.45) is 0 Å². The zero-order valence-corrected chi connectivity index (χ0v) is 17.4. The van der Waals surface area contributed by atoms with Gasteiger partial charge >= 0.3 is 0 Å². The monoisotopic (exact) mass is 512 g/mol. The number of hydrogen-bond donors (Lipinski definition) is 1. The highest BCUT2D eigenvalue weighted by Gasteiger charge is 2.17. The van der Waals surface area contributed by atoms with Crippen molar-refractivity contribution in [1.29, 1.82) is 0 Å². The van der Waals surface area contributed by atoms with Gasteiger partial charge in [0.1, 0.15) is 5.82 Å². The molecule has 0 saturated heterocycles. The van der Waals surface area contributed by atoms with Crippen LogP contribution in [0.5, 0.6) is 0 Å². The number of nitro benzene ring substituents is 2. The van der Waals surface area contributed by atoms with Gasteiger partial charge in [0, 0.05) is 44.5 Å². The minimum atomic E-state index is -0.456. The fraction of sp³-hybridized carbons (Fsp3) is 0. The molecule has 0 aliphatic rings. The molecule has 8 nitrogen and oxygen atoms in total. The Morgan fingerprint density at radius 2 is 1.17 bits per heavy atom. The number of H-pyrrole nitrogens is 1. The van der Waals surface area contributed by atoms with Gasteiger partial charge in [-0.25, -0.2) is 4.98 Å². The first-order valence-electron chi connectivity index (χ1n) is 8.78. The van der Waals surface area contributed by atoms with Gasteiger partial charge < -0.3 is 4.98 Å². The molecule has 1 aromatic heterocycles. The second-order valence-electron chi connectivity index (χ2n) is 6.42. The molecule has 30 heavy (non-hydrogen) atoms. The lowest BCUT2D eigenvalue weighted by molar-refractivity contribution is -0.385. The van der Waals surface area contributed by atoms with Crippen LogP contribution in [0.15, 0.2) is 72.8 Å². The van der Waals surface area contributed by atoms with Crippen molar-refractivity contribution < 1.29 is 9.85 Å². The number of benzene rings is 3. The number of hydrogen-bond acceptors (Lipinski definition) is 5. The highest BCUT2D eigenvalue weighted by Crippen LogP contribution is 2.34. The van der Waals surface area contributed by atoms with Crippen molar-refractivity contribution >= 4 is 34.0 Å². The van der Waals surface area contributed by atoms with E-state index in [-0.39, 0.29) is 11.4 Å². The van der Waals surface area contributed by atoms with E-state index in [0.717, 1.165) is 14.7 Å². The van der Waals surface area contributed by atoms with E-state index < -0.39 is 9.85 Å². The van der Waals surface area contributed by atoms with Crippen LogP contribution in [0.3, 0.4) is 0 Å². The van der Waals surface area contributed by atoms with E-state index in [9.17, 15) is 20.2 Å². The molecule has 0 bridgehead atoms. The summed E-state index contributed by atoms with van der Waals surface area (Å²) in [6, 6.07) is 20.1. The first-order valence-corrected chi connectivity index (χ1v) is 9.86. The highest BCUT2D eigenvalue weighted by molar-refractivity contribution is 14.1. The third kappa shape index (κ3) is 3.92.